The van der Waals surface area contributed by atoms with E-state index in [0.717, 1.165) is 36.5 Å². The summed E-state index contributed by atoms with van der Waals surface area (Å²) in [6.45, 7) is 5.14. The molecular weight excluding hydrogens is 274 g/mol. The number of methoxy groups -OCH3 is 1. The lowest BCUT2D eigenvalue weighted by atomic mass is 10.0. The summed E-state index contributed by atoms with van der Waals surface area (Å²) in [7, 11) is 3.85. The molecule has 22 heavy (non-hydrogen) atoms. The summed E-state index contributed by atoms with van der Waals surface area (Å²) >= 11 is 0. The molecule has 2 rings (SSSR count). The summed E-state index contributed by atoms with van der Waals surface area (Å²) < 4.78 is 5.43. The molecule has 1 atom stereocenters. The van der Waals surface area contributed by atoms with Gasteiger partial charge in [0.15, 0.2) is 0 Å². The van der Waals surface area contributed by atoms with Crippen molar-refractivity contribution in [2.75, 3.05) is 14.2 Å². The first kappa shape index (κ1) is 16.4. The van der Waals surface area contributed by atoms with Crippen LogP contribution >= 0.6 is 0 Å². The molecule has 0 saturated heterocycles. The van der Waals surface area contributed by atoms with Crippen molar-refractivity contribution in [3.05, 3.63) is 53.6 Å². The molecule has 4 heteroatoms. The van der Waals surface area contributed by atoms with Crippen LogP contribution in [-0.4, -0.2) is 35.1 Å². The van der Waals surface area contributed by atoms with Crippen molar-refractivity contribution in [2.45, 2.75) is 39.3 Å². The van der Waals surface area contributed by atoms with Gasteiger partial charge in [-0.25, -0.2) is 9.97 Å². The van der Waals surface area contributed by atoms with Gasteiger partial charge in [-0.05, 0) is 32.0 Å². The van der Waals surface area contributed by atoms with Crippen molar-refractivity contribution in [3.63, 3.8) is 0 Å². The molecular formula is C18H25N3O. The molecule has 0 aliphatic heterocycles. The molecule has 0 saturated carbocycles. The molecule has 0 fully saturated rings. The minimum atomic E-state index is 0.405. The molecule has 0 radical (unpaired) electrons. The van der Waals surface area contributed by atoms with Crippen molar-refractivity contribution >= 4 is 0 Å². The Morgan fingerprint density at radius 3 is 2.50 bits per heavy atom. The van der Waals surface area contributed by atoms with Gasteiger partial charge in [-0.15, -0.1) is 0 Å². The normalized spacial score (nSPS) is 12.4. The third-order valence-electron chi connectivity index (χ3n) is 3.97. The third kappa shape index (κ3) is 4.28. The van der Waals surface area contributed by atoms with Crippen LogP contribution in [0.3, 0.4) is 0 Å². The number of aryl methyl sites for hydroxylation is 1. The lowest BCUT2D eigenvalue weighted by Crippen LogP contribution is -2.30. The predicted molar refractivity (Wildman–Crippen MR) is 89.0 cm³/mol. The van der Waals surface area contributed by atoms with Crippen LogP contribution in [0.15, 0.2) is 36.7 Å². The van der Waals surface area contributed by atoms with Gasteiger partial charge in [0.25, 0.3) is 0 Å². The van der Waals surface area contributed by atoms with Crippen LogP contribution < -0.4 is 4.74 Å². The SMILES string of the molecule is CCc1ncc(CN(C)[C@H](C)Cc2ccccc2OC)cn1. The van der Waals surface area contributed by atoms with E-state index < -0.39 is 0 Å². The van der Waals surface area contributed by atoms with Crippen molar-refractivity contribution in [3.8, 4) is 5.75 Å². The van der Waals surface area contributed by atoms with Gasteiger partial charge in [-0.3, -0.25) is 4.90 Å². The second-order valence-corrected chi connectivity index (χ2v) is 5.64. The van der Waals surface area contributed by atoms with E-state index in [9.17, 15) is 0 Å². The molecule has 1 aromatic heterocycles. The Labute approximate surface area is 133 Å². The van der Waals surface area contributed by atoms with E-state index >= 15 is 0 Å². The van der Waals surface area contributed by atoms with Crippen molar-refractivity contribution in [2.24, 2.45) is 0 Å². The Balaban J connectivity index is 1.97. The van der Waals surface area contributed by atoms with Gasteiger partial charge in [-0.2, -0.15) is 0 Å². The molecule has 118 valence electrons. The fourth-order valence-corrected chi connectivity index (χ4v) is 2.44. The fourth-order valence-electron chi connectivity index (χ4n) is 2.44. The minimum absolute atomic E-state index is 0.405. The van der Waals surface area contributed by atoms with Crippen LogP contribution in [0.5, 0.6) is 5.75 Å². The van der Waals surface area contributed by atoms with Crippen LogP contribution in [0.1, 0.15) is 30.8 Å². The summed E-state index contributed by atoms with van der Waals surface area (Å²) in [4.78, 5) is 11.0. The van der Waals surface area contributed by atoms with Crippen molar-refractivity contribution in [1.82, 2.24) is 14.9 Å². The van der Waals surface area contributed by atoms with Crippen molar-refractivity contribution in [1.29, 1.82) is 0 Å². The molecule has 0 amide bonds. The second kappa shape index (κ2) is 7.90. The molecule has 2 aromatic rings. The third-order valence-corrected chi connectivity index (χ3v) is 3.97. The summed E-state index contributed by atoms with van der Waals surface area (Å²) in [6.07, 6.45) is 5.69. The number of nitrogens with zero attached hydrogens (tertiary/aromatic N) is 3. The Bertz CT molecular complexity index is 583. The van der Waals surface area contributed by atoms with Gasteiger partial charge < -0.3 is 4.74 Å². The largest absolute Gasteiger partial charge is 0.496 e. The highest BCUT2D eigenvalue weighted by atomic mass is 16.5. The lowest BCUT2D eigenvalue weighted by Gasteiger charge is -2.25. The average Bonchev–Trinajstić information content (AvgIpc) is 2.56. The van der Waals surface area contributed by atoms with E-state index in [0.29, 0.717) is 6.04 Å². The maximum Gasteiger partial charge on any atom is 0.127 e. The number of hydrogen-bond acceptors (Lipinski definition) is 4. The van der Waals surface area contributed by atoms with Crippen molar-refractivity contribution < 1.29 is 4.74 Å². The molecule has 0 aliphatic carbocycles. The van der Waals surface area contributed by atoms with Gasteiger partial charge in [0.05, 0.1) is 7.11 Å². The smallest absolute Gasteiger partial charge is 0.127 e. The van der Waals surface area contributed by atoms with Crippen LogP contribution in [0.4, 0.5) is 0 Å². The summed E-state index contributed by atoms with van der Waals surface area (Å²) in [6, 6.07) is 8.61. The molecule has 0 spiro atoms. The lowest BCUT2D eigenvalue weighted by molar-refractivity contribution is 0.246. The quantitative estimate of drug-likeness (QED) is 0.787. The van der Waals surface area contributed by atoms with Gasteiger partial charge in [-0.1, -0.05) is 25.1 Å². The standard InChI is InChI=1S/C18H25N3O/c1-5-18-19-11-15(12-20-18)13-21(3)14(2)10-16-8-6-7-9-17(16)22-4/h6-9,11-12,14H,5,10,13H2,1-4H3/t14-/m1/s1. The zero-order valence-electron chi connectivity index (χ0n) is 13.9. The topological polar surface area (TPSA) is 38.2 Å². The number of rotatable bonds is 7. The van der Waals surface area contributed by atoms with Crippen LogP contribution in [0, 0.1) is 0 Å². The Morgan fingerprint density at radius 1 is 1.18 bits per heavy atom. The van der Waals surface area contributed by atoms with Crippen LogP contribution in [0.25, 0.3) is 0 Å². The molecule has 0 unspecified atom stereocenters. The van der Waals surface area contributed by atoms with Gasteiger partial charge >= 0.3 is 0 Å². The number of para-hydroxylation sites is 1. The Hall–Kier alpha value is -1.94. The zero-order valence-corrected chi connectivity index (χ0v) is 13.9. The van der Waals surface area contributed by atoms with Crippen LogP contribution in [-0.2, 0) is 19.4 Å². The van der Waals surface area contributed by atoms with E-state index in [2.05, 4.69) is 47.9 Å². The summed E-state index contributed by atoms with van der Waals surface area (Å²) in [5.74, 6) is 1.85. The molecule has 1 heterocycles. The van der Waals surface area contributed by atoms with E-state index in [-0.39, 0.29) is 0 Å². The highest BCUT2D eigenvalue weighted by Gasteiger charge is 2.13. The monoisotopic (exact) mass is 299 g/mol. The second-order valence-electron chi connectivity index (χ2n) is 5.64. The Morgan fingerprint density at radius 2 is 1.86 bits per heavy atom. The van der Waals surface area contributed by atoms with E-state index in [1.165, 1.54) is 5.56 Å². The van der Waals surface area contributed by atoms with Gasteiger partial charge in [0, 0.05) is 37.0 Å². The maximum absolute atomic E-state index is 5.43. The first-order valence-electron chi connectivity index (χ1n) is 7.76. The molecule has 0 N–H and O–H groups in total. The number of aromatic nitrogens is 2. The first-order valence-corrected chi connectivity index (χ1v) is 7.76. The molecule has 1 aromatic carbocycles. The highest BCUT2D eigenvalue weighted by Crippen LogP contribution is 2.20. The molecule has 4 nitrogen and oxygen atoms in total. The Kier molecular flexibility index (Phi) is 5.90. The maximum atomic E-state index is 5.43. The summed E-state index contributed by atoms with van der Waals surface area (Å²) in [5, 5.41) is 0. The number of likely N-dealkylation sites (N-methyl/N-ethyl adjacent to an activating group) is 1. The summed E-state index contributed by atoms with van der Waals surface area (Å²) in [5.41, 5.74) is 2.38. The number of benzene rings is 1. The molecule has 0 aliphatic rings. The van der Waals surface area contributed by atoms with E-state index in [1.807, 2.05) is 24.5 Å². The van der Waals surface area contributed by atoms with E-state index in [4.69, 9.17) is 4.74 Å². The number of ether oxygens (including phenoxy) is 1. The predicted octanol–water partition coefficient (Wildman–Crippen LogP) is 3.11. The molecule has 0 bridgehead atoms. The van der Waals surface area contributed by atoms with Crippen LogP contribution in [0.2, 0.25) is 0 Å². The van der Waals surface area contributed by atoms with Gasteiger partial charge in [0.1, 0.15) is 11.6 Å². The van der Waals surface area contributed by atoms with Gasteiger partial charge in [0.2, 0.25) is 0 Å². The highest BCUT2D eigenvalue weighted by molar-refractivity contribution is 5.33. The fraction of sp³-hybridized carbons (Fsp3) is 0.444. The number of hydrogen-bond donors (Lipinski definition) is 0. The zero-order chi connectivity index (χ0) is 15.9. The minimum Gasteiger partial charge on any atom is -0.496 e. The van der Waals surface area contributed by atoms with E-state index in [1.54, 1.807) is 7.11 Å². The first-order chi connectivity index (χ1) is 10.6. The average molecular weight is 299 g/mol.